The predicted octanol–water partition coefficient (Wildman–Crippen LogP) is -1.10. The van der Waals surface area contributed by atoms with E-state index in [9.17, 15) is 0 Å². The maximum atomic E-state index is 5.53. The number of ether oxygens (including phenoxy) is 1. The zero-order valence-corrected chi connectivity index (χ0v) is 6.66. The summed E-state index contributed by atoms with van der Waals surface area (Å²) in [5.41, 5.74) is 5.53. The second-order valence-electron chi connectivity index (χ2n) is 2.60. The number of nitrogens with two attached hydrogens (primary N) is 2. The number of nitrogens with zero attached hydrogens (tertiary/aromatic N) is 2. The van der Waals surface area contributed by atoms with E-state index in [2.05, 4.69) is 5.10 Å². The summed E-state index contributed by atoms with van der Waals surface area (Å²) in [6.45, 7) is 4.18. The van der Waals surface area contributed by atoms with E-state index in [0.717, 1.165) is 6.54 Å². The van der Waals surface area contributed by atoms with Crippen molar-refractivity contribution in [1.29, 1.82) is 0 Å². The average Bonchev–Trinajstić information content (AvgIpc) is 2.04. The zero-order valence-electron chi connectivity index (χ0n) is 6.66. The standard InChI is InChI=1S/C6H14N4O/c1-5-4-11-3-2-10(5)6(7)9-8/h5H,2-4,8H2,1H3,(H2,7,9). The molecule has 11 heavy (non-hydrogen) atoms. The molecule has 0 aromatic heterocycles. The van der Waals surface area contributed by atoms with E-state index in [4.69, 9.17) is 16.3 Å². The quantitative estimate of drug-likeness (QED) is 0.203. The van der Waals surface area contributed by atoms with E-state index < -0.39 is 0 Å². The van der Waals surface area contributed by atoms with E-state index in [1.807, 2.05) is 11.8 Å². The first-order chi connectivity index (χ1) is 5.25. The van der Waals surface area contributed by atoms with Crippen molar-refractivity contribution < 1.29 is 4.74 Å². The van der Waals surface area contributed by atoms with Crippen LogP contribution in [0, 0.1) is 0 Å². The molecule has 1 atom stereocenters. The molecule has 1 fully saturated rings. The third-order valence-corrected chi connectivity index (χ3v) is 1.79. The van der Waals surface area contributed by atoms with Crippen LogP contribution >= 0.6 is 0 Å². The maximum absolute atomic E-state index is 5.53. The molecule has 1 unspecified atom stereocenters. The van der Waals surface area contributed by atoms with Gasteiger partial charge in [0.2, 0.25) is 5.96 Å². The minimum absolute atomic E-state index is 0.274. The molecule has 0 radical (unpaired) electrons. The van der Waals surface area contributed by atoms with Crippen molar-refractivity contribution in [3.05, 3.63) is 0 Å². The van der Waals surface area contributed by atoms with Crippen molar-refractivity contribution in [2.45, 2.75) is 13.0 Å². The van der Waals surface area contributed by atoms with Crippen LogP contribution in [-0.2, 0) is 4.74 Å². The summed E-state index contributed by atoms with van der Waals surface area (Å²) in [5.74, 6) is 5.44. The van der Waals surface area contributed by atoms with Crippen molar-refractivity contribution in [2.24, 2.45) is 16.7 Å². The van der Waals surface area contributed by atoms with Crippen LogP contribution in [0.2, 0.25) is 0 Å². The van der Waals surface area contributed by atoms with Crippen molar-refractivity contribution in [1.82, 2.24) is 4.90 Å². The number of rotatable bonds is 0. The SMILES string of the molecule is CC1COCCN1/C(N)=N/N. The van der Waals surface area contributed by atoms with Gasteiger partial charge in [-0.2, -0.15) is 0 Å². The van der Waals surface area contributed by atoms with Crippen LogP contribution in [-0.4, -0.2) is 36.7 Å². The van der Waals surface area contributed by atoms with Gasteiger partial charge in [0.25, 0.3) is 0 Å². The predicted molar refractivity (Wildman–Crippen MR) is 42.8 cm³/mol. The molecule has 64 valence electrons. The Hall–Kier alpha value is -0.970. The summed E-state index contributed by atoms with van der Waals surface area (Å²) in [5, 5.41) is 3.43. The fourth-order valence-electron chi connectivity index (χ4n) is 1.14. The van der Waals surface area contributed by atoms with Gasteiger partial charge in [-0.1, -0.05) is 0 Å². The molecule has 5 nitrogen and oxygen atoms in total. The first-order valence-electron chi connectivity index (χ1n) is 3.63. The highest BCUT2D eigenvalue weighted by atomic mass is 16.5. The van der Waals surface area contributed by atoms with Gasteiger partial charge >= 0.3 is 0 Å². The Labute approximate surface area is 66.0 Å². The van der Waals surface area contributed by atoms with Crippen molar-refractivity contribution in [3.63, 3.8) is 0 Å². The smallest absolute Gasteiger partial charge is 0.213 e. The second kappa shape index (κ2) is 3.43. The molecule has 5 heteroatoms. The first-order valence-corrected chi connectivity index (χ1v) is 3.63. The number of morpholine rings is 1. The molecule has 1 aliphatic rings. The van der Waals surface area contributed by atoms with E-state index in [1.54, 1.807) is 0 Å². The van der Waals surface area contributed by atoms with Crippen molar-refractivity contribution >= 4 is 5.96 Å². The fourth-order valence-corrected chi connectivity index (χ4v) is 1.14. The highest BCUT2D eigenvalue weighted by Crippen LogP contribution is 2.04. The zero-order chi connectivity index (χ0) is 8.27. The van der Waals surface area contributed by atoms with E-state index >= 15 is 0 Å². The summed E-state index contributed by atoms with van der Waals surface area (Å²) in [6, 6.07) is 0.274. The third kappa shape index (κ3) is 1.74. The lowest BCUT2D eigenvalue weighted by Crippen LogP contribution is -2.50. The molecular weight excluding hydrogens is 144 g/mol. The van der Waals surface area contributed by atoms with Crippen LogP contribution in [0.25, 0.3) is 0 Å². The Balaban J connectivity index is 2.54. The normalized spacial score (nSPS) is 27.2. The Morgan fingerprint density at radius 1 is 1.73 bits per heavy atom. The molecule has 0 aliphatic carbocycles. The number of guanidine groups is 1. The van der Waals surface area contributed by atoms with Crippen LogP contribution in [0.15, 0.2) is 5.10 Å². The van der Waals surface area contributed by atoms with Gasteiger partial charge in [-0.25, -0.2) is 0 Å². The van der Waals surface area contributed by atoms with Crippen LogP contribution in [0.4, 0.5) is 0 Å². The molecule has 0 saturated carbocycles. The summed E-state index contributed by atoms with van der Waals surface area (Å²) in [4.78, 5) is 1.93. The number of hydrogen-bond donors (Lipinski definition) is 2. The maximum Gasteiger partial charge on any atom is 0.213 e. The minimum Gasteiger partial charge on any atom is -0.377 e. The van der Waals surface area contributed by atoms with Crippen LogP contribution < -0.4 is 11.6 Å². The lowest BCUT2D eigenvalue weighted by atomic mass is 10.3. The van der Waals surface area contributed by atoms with Crippen LogP contribution in [0.3, 0.4) is 0 Å². The van der Waals surface area contributed by atoms with Gasteiger partial charge < -0.3 is 21.2 Å². The Morgan fingerprint density at radius 2 is 2.45 bits per heavy atom. The van der Waals surface area contributed by atoms with Gasteiger partial charge in [0, 0.05) is 6.54 Å². The summed E-state index contributed by atoms with van der Waals surface area (Å²) >= 11 is 0. The molecule has 0 amide bonds. The monoisotopic (exact) mass is 158 g/mol. The Kier molecular flexibility index (Phi) is 2.53. The fraction of sp³-hybridized carbons (Fsp3) is 0.833. The van der Waals surface area contributed by atoms with E-state index in [1.165, 1.54) is 0 Å². The molecule has 1 heterocycles. The van der Waals surface area contributed by atoms with Crippen LogP contribution in [0.5, 0.6) is 0 Å². The molecule has 0 bridgehead atoms. The number of hydrazone groups is 1. The summed E-state index contributed by atoms with van der Waals surface area (Å²) in [7, 11) is 0. The highest BCUT2D eigenvalue weighted by Gasteiger charge is 2.19. The molecule has 4 N–H and O–H groups in total. The molecule has 0 aromatic rings. The molecule has 0 spiro atoms. The Morgan fingerprint density at radius 3 is 3.00 bits per heavy atom. The number of hydrogen-bond acceptors (Lipinski definition) is 3. The second-order valence-corrected chi connectivity index (χ2v) is 2.60. The van der Waals surface area contributed by atoms with Crippen molar-refractivity contribution in [2.75, 3.05) is 19.8 Å². The van der Waals surface area contributed by atoms with Gasteiger partial charge in [0.1, 0.15) is 0 Å². The lowest BCUT2D eigenvalue weighted by molar-refractivity contribution is 0.0325. The van der Waals surface area contributed by atoms with Gasteiger partial charge in [-0.15, -0.1) is 5.10 Å². The van der Waals surface area contributed by atoms with Gasteiger partial charge in [0.15, 0.2) is 0 Å². The lowest BCUT2D eigenvalue weighted by Gasteiger charge is -2.33. The van der Waals surface area contributed by atoms with E-state index in [0.29, 0.717) is 19.2 Å². The average molecular weight is 158 g/mol. The van der Waals surface area contributed by atoms with Gasteiger partial charge in [-0.05, 0) is 6.92 Å². The van der Waals surface area contributed by atoms with E-state index in [-0.39, 0.29) is 6.04 Å². The molecular formula is C6H14N4O. The molecule has 1 rings (SSSR count). The first kappa shape index (κ1) is 8.13. The topological polar surface area (TPSA) is 76.9 Å². The minimum atomic E-state index is 0.274. The largest absolute Gasteiger partial charge is 0.377 e. The summed E-state index contributed by atoms with van der Waals surface area (Å²) in [6.07, 6.45) is 0. The molecule has 1 saturated heterocycles. The van der Waals surface area contributed by atoms with Crippen molar-refractivity contribution in [3.8, 4) is 0 Å². The highest BCUT2D eigenvalue weighted by molar-refractivity contribution is 5.78. The Bertz CT molecular complexity index is 159. The van der Waals surface area contributed by atoms with Gasteiger partial charge in [0.05, 0.1) is 19.3 Å². The molecule has 1 aliphatic heterocycles. The van der Waals surface area contributed by atoms with Gasteiger partial charge in [-0.3, -0.25) is 0 Å². The third-order valence-electron chi connectivity index (χ3n) is 1.79. The van der Waals surface area contributed by atoms with Crippen LogP contribution in [0.1, 0.15) is 6.92 Å². The molecule has 0 aromatic carbocycles. The summed E-state index contributed by atoms with van der Waals surface area (Å²) < 4.78 is 5.21.